The number of halogens is 2. The number of hydrogen-bond acceptors (Lipinski definition) is 7. The Balaban J connectivity index is 0.00000342. The molecule has 0 amide bonds. The summed E-state index contributed by atoms with van der Waals surface area (Å²) in [5.74, 6) is 0.859. The van der Waals surface area contributed by atoms with Crippen LogP contribution in [0, 0.1) is 0 Å². The normalized spacial score (nSPS) is 13.5. The molecule has 3 aromatic rings. The third kappa shape index (κ3) is 6.42. The van der Waals surface area contributed by atoms with E-state index in [1.54, 1.807) is 6.07 Å². The molecule has 8 nitrogen and oxygen atoms in total. The van der Waals surface area contributed by atoms with Gasteiger partial charge >= 0.3 is 0 Å². The molecule has 2 aromatic carbocycles. The molecule has 0 fully saturated rings. The van der Waals surface area contributed by atoms with Gasteiger partial charge in [-0.2, -0.15) is 4.98 Å². The van der Waals surface area contributed by atoms with Crippen molar-refractivity contribution in [3.05, 3.63) is 69.9 Å². The van der Waals surface area contributed by atoms with E-state index in [0.29, 0.717) is 28.9 Å². The summed E-state index contributed by atoms with van der Waals surface area (Å²) >= 11 is 6.36. The van der Waals surface area contributed by atoms with E-state index in [9.17, 15) is 8.42 Å². The molecular formula is C24H30Cl2N6O2S. The molecule has 11 heteroatoms. The highest BCUT2D eigenvalue weighted by molar-refractivity contribution is 7.89. The molecule has 188 valence electrons. The van der Waals surface area contributed by atoms with Crippen molar-refractivity contribution in [2.24, 2.45) is 5.14 Å². The van der Waals surface area contributed by atoms with Crippen LogP contribution in [0.2, 0.25) is 5.02 Å². The van der Waals surface area contributed by atoms with Gasteiger partial charge in [0.1, 0.15) is 5.02 Å². The predicted molar refractivity (Wildman–Crippen MR) is 143 cm³/mol. The maximum atomic E-state index is 12.2. The number of benzene rings is 2. The zero-order chi connectivity index (χ0) is 24.5. The molecule has 35 heavy (non-hydrogen) atoms. The van der Waals surface area contributed by atoms with Gasteiger partial charge in [-0.05, 0) is 58.8 Å². The summed E-state index contributed by atoms with van der Waals surface area (Å²) in [6.45, 7) is 8.02. The third-order valence-electron chi connectivity index (χ3n) is 5.71. The molecule has 0 atom stereocenters. The molecular weight excluding hydrogens is 507 g/mol. The fourth-order valence-corrected chi connectivity index (χ4v) is 5.37. The molecule has 1 aliphatic heterocycles. The SMILES string of the molecule is CC(C)(C)c1c(CNc2nc(Nc3ccc4c(c3)CCNC4)ncc2Cl)cccc1S(N)(=O)=O.Cl. The predicted octanol–water partition coefficient (Wildman–Crippen LogP) is 4.50. The van der Waals surface area contributed by atoms with Gasteiger partial charge in [0.15, 0.2) is 5.82 Å². The van der Waals surface area contributed by atoms with E-state index < -0.39 is 15.4 Å². The van der Waals surface area contributed by atoms with E-state index >= 15 is 0 Å². The number of primary sulfonamides is 1. The number of sulfonamides is 1. The maximum absolute atomic E-state index is 12.2. The van der Waals surface area contributed by atoms with Crippen LogP contribution >= 0.6 is 24.0 Å². The number of anilines is 3. The van der Waals surface area contributed by atoms with Gasteiger partial charge in [0.05, 0.1) is 11.1 Å². The number of fused-ring (bicyclic) bond motifs is 1. The van der Waals surface area contributed by atoms with Crippen molar-refractivity contribution in [1.29, 1.82) is 0 Å². The Labute approximate surface area is 217 Å². The summed E-state index contributed by atoms with van der Waals surface area (Å²) in [4.78, 5) is 8.96. The van der Waals surface area contributed by atoms with E-state index in [4.69, 9.17) is 16.7 Å². The van der Waals surface area contributed by atoms with Crippen LogP contribution in [0.1, 0.15) is 43.0 Å². The molecule has 5 N–H and O–H groups in total. The highest BCUT2D eigenvalue weighted by Crippen LogP contribution is 2.32. The lowest BCUT2D eigenvalue weighted by molar-refractivity contribution is 0.556. The standard InChI is InChI=1S/C24H29ClN6O2S.ClH/c1-24(2,3)21-17(5-4-6-20(21)34(26,32)33)13-28-22-19(25)14-29-23(31-22)30-18-8-7-16-12-27-10-9-15(16)11-18;/h4-8,11,14,27H,9-10,12-13H2,1-3H3,(H2,26,32,33)(H2,28,29,30,31);1H. The second-order valence-electron chi connectivity index (χ2n) is 9.36. The minimum atomic E-state index is -3.87. The molecule has 1 aliphatic rings. The van der Waals surface area contributed by atoms with Crippen LogP contribution in [-0.4, -0.2) is 24.9 Å². The zero-order valence-electron chi connectivity index (χ0n) is 19.9. The first-order valence-corrected chi connectivity index (χ1v) is 13.0. The lowest BCUT2D eigenvalue weighted by atomic mass is 9.83. The summed E-state index contributed by atoms with van der Waals surface area (Å²) < 4.78 is 24.4. The van der Waals surface area contributed by atoms with Gasteiger partial charge in [0, 0.05) is 18.8 Å². The van der Waals surface area contributed by atoms with E-state index in [-0.39, 0.29) is 17.3 Å². The van der Waals surface area contributed by atoms with Crippen molar-refractivity contribution in [3.63, 3.8) is 0 Å². The van der Waals surface area contributed by atoms with Crippen LogP contribution in [0.4, 0.5) is 17.5 Å². The third-order valence-corrected chi connectivity index (χ3v) is 6.94. The van der Waals surface area contributed by atoms with Gasteiger partial charge < -0.3 is 16.0 Å². The van der Waals surface area contributed by atoms with Gasteiger partial charge in [-0.3, -0.25) is 0 Å². The topological polar surface area (TPSA) is 122 Å². The summed E-state index contributed by atoms with van der Waals surface area (Å²) in [6, 6.07) is 11.3. The van der Waals surface area contributed by atoms with Gasteiger partial charge in [-0.25, -0.2) is 18.5 Å². The van der Waals surface area contributed by atoms with Crippen LogP contribution in [-0.2, 0) is 34.9 Å². The average Bonchev–Trinajstić information content (AvgIpc) is 2.78. The molecule has 4 rings (SSSR count). The lowest BCUT2D eigenvalue weighted by Gasteiger charge is -2.26. The minimum absolute atomic E-state index is 0. The Morgan fingerprint density at radius 3 is 2.66 bits per heavy atom. The number of hydrogen-bond donors (Lipinski definition) is 4. The van der Waals surface area contributed by atoms with Crippen LogP contribution in [0.15, 0.2) is 47.5 Å². The van der Waals surface area contributed by atoms with Crippen molar-refractivity contribution in [3.8, 4) is 0 Å². The highest BCUT2D eigenvalue weighted by atomic mass is 35.5. The van der Waals surface area contributed by atoms with Gasteiger partial charge in [-0.15, -0.1) is 12.4 Å². The smallest absolute Gasteiger partial charge is 0.238 e. The first kappa shape index (κ1) is 27.2. The average molecular weight is 538 g/mol. The molecule has 0 saturated carbocycles. The van der Waals surface area contributed by atoms with Crippen LogP contribution in [0.25, 0.3) is 0 Å². The summed E-state index contributed by atoms with van der Waals surface area (Å²) in [5, 5.41) is 15.7. The molecule has 0 radical (unpaired) electrons. The van der Waals surface area contributed by atoms with E-state index in [1.165, 1.54) is 23.4 Å². The molecule has 1 aromatic heterocycles. The first-order chi connectivity index (χ1) is 16.0. The van der Waals surface area contributed by atoms with E-state index in [1.807, 2.05) is 32.9 Å². The second-order valence-corrected chi connectivity index (χ2v) is 11.3. The summed E-state index contributed by atoms with van der Waals surface area (Å²) in [6.07, 6.45) is 2.51. The van der Waals surface area contributed by atoms with Crippen molar-refractivity contribution < 1.29 is 8.42 Å². The fraction of sp³-hybridized carbons (Fsp3) is 0.333. The number of nitrogens with two attached hydrogens (primary N) is 1. The lowest BCUT2D eigenvalue weighted by Crippen LogP contribution is -2.24. The molecule has 0 saturated heterocycles. The Hall–Kier alpha value is -2.43. The first-order valence-electron chi connectivity index (χ1n) is 11.0. The fourth-order valence-electron chi connectivity index (χ4n) is 4.23. The van der Waals surface area contributed by atoms with Crippen molar-refractivity contribution in [1.82, 2.24) is 15.3 Å². The van der Waals surface area contributed by atoms with Crippen molar-refractivity contribution >= 4 is 51.5 Å². The Morgan fingerprint density at radius 1 is 1.17 bits per heavy atom. The molecule has 0 unspecified atom stereocenters. The number of rotatable bonds is 6. The van der Waals surface area contributed by atoms with Crippen molar-refractivity contribution in [2.75, 3.05) is 17.2 Å². The van der Waals surface area contributed by atoms with Crippen LogP contribution in [0.3, 0.4) is 0 Å². The molecule has 0 spiro atoms. The Bertz CT molecular complexity index is 1330. The summed E-state index contributed by atoms with van der Waals surface area (Å²) in [5.41, 5.74) is 4.53. The second kappa shape index (κ2) is 10.7. The highest BCUT2D eigenvalue weighted by Gasteiger charge is 2.26. The molecule has 0 aliphatic carbocycles. The molecule has 2 heterocycles. The number of aromatic nitrogens is 2. The van der Waals surface area contributed by atoms with Crippen molar-refractivity contribution in [2.45, 2.75) is 50.6 Å². The number of nitrogens with zero attached hydrogens (tertiary/aromatic N) is 2. The molecule has 0 bridgehead atoms. The largest absolute Gasteiger partial charge is 0.365 e. The van der Waals surface area contributed by atoms with E-state index in [2.05, 4.69) is 38.1 Å². The zero-order valence-corrected chi connectivity index (χ0v) is 22.2. The van der Waals surface area contributed by atoms with Crippen LogP contribution < -0.4 is 21.1 Å². The van der Waals surface area contributed by atoms with Gasteiger partial charge in [-0.1, -0.05) is 50.6 Å². The maximum Gasteiger partial charge on any atom is 0.238 e. The Kier molecular flexibility index (Phi) is 8.28. The number of nitrogens with one attached hydrogen (secondary N) is 3. The van der Waals surface area contributed by atoms with Crippen LogP contribution in [0.5, 0.6) is 0 Å². The van der Waals surface area contributed by atoms with Gasteiger partial charge in [0.25, 0.3) is 0 Å². The quantitative estimate of drug-likeness (QED) is 0.365. The summed E-state index contributed by atoms with van der Waals surface area (Å²) in [7, 11) is -3.87. The Morgan fingerprint density at radius 2 is 1.94 bits per heavy atom. The monoisotopic (exact) mass is 536 g/mol. The van der Waals surface area contributed by atoms with E-state index in [0.717, 1.165) is 30.8 Å². The van der Waals surface area contributed by atoms with Gasteiger partial charge in [0.2, 0.25) is 16.0 Å². The minimum Gasteiger partial charge on any atom is -0.365 e.